The summed E-state index contributed by atoms with van der Waals surface area (Å²) in [4.78, 5) is 12.0. The highest BCUT2D eigenvalue weighted by molar-refractivity contribution is 5.85. The van der Waals surface area contributed by atoms with Crippen LogP contribution in [0.15, 0.2) is 36.9 Å². The molecule has 5 heteroatoms. The molecule has 2 rings (SSSR count). The third-order valence-electron chi connectivity index (χ3n) is 4.04. The average molecular weight is 339 g/mol. The van der Waals surface area contributed by atoms with Gasteiger partial charge in [0.25, 0.3) is 0 Å². The maximum atomic E-state index is 12.0. The maximum Gasteiger partial charge on any atom is 0.220 e. The van der Waals surface area contributed by atoms with Crippen LogP contribution in [0.2, 0.25) is 0 Å². The van der Waals surface area contributed by atoms with E-state index in [-0.39, 0.29) is 18.3 Å². The van der Waals surface area contributed by atoms with E-state index in [1.807, 2.05) is 24.3 Å². The fourth-order valence-corrected chi connectivity index (χ4v) is 2.73. The molecule has 1 fully saturated rings. The minimum Gasteiger partial charge on any atom is -0.489 e. The molecule has 0 bridgehead atoms. The van der Waals surface area contributed by atoms with Crippen LogP contribution < -0.4 is 15.4 Å². The van der Waals surface area contributed by atoms with Crippen LogP contribution >= 0.6 is 12.4 Å². The first-order chi connectivity index (χ1) is 10.8. The quantitative estimate of drug-likeness (QED) is 0.716. The summed E-state index contributed by atoms with van der Waals surface area (Å²) in [5, 5.41) is 6.35. The summed E-state index contributed by atoms with van der Waals surface area (Å²) in [5.41, 5.74) is 1.000. The molecule has 1 amide bonds. The molecule has 1 aliphatic heterocycles. The van der Waals surface area contributed by atoms with Gasteiger partial charge in [-0.3, -0.25) is 4.79 Å². The third-order valence-corrected chi connectivity index (χ3v) is 4.04. The molecule has 2 N–H and O–H groups in total. The number of piperidine rings is 1. The Balaban J connectivity index is 0.00000264. The van der Waals surface area contributed by atoms with E-state index in [4.69, 9.17) is 4.74 Å². The Morgan fingerprint density at radius 3 is 2.83 bits per heavy atom. The van der Waals surface area contributed by atoms with E-state index in [1.54, 1.807) is 6.08 Å². The molecule has 0 atom stereocenters. The number of hydrogen-bond donors (Lipinski definition) is 2. The number of halogens is 1. The monoisotopic (exact) mass is 338 g/mol. The zero-order valence-electron chi connectivity index (χ0n) is 13.6. The molecular weight excluding hydrogens is 312 g/mol. The van der Waals surface area contributed by atoms with Gasteiger partial charge in [-0.15, -0.1) is 12.4 Å². The molecule has 1 aromatic carbocycles. The van der Waals surface area contributed by atoms with Crippen molar-refractivity contribution in [3.8, 4) is 5.75 Å². The molecule has 0 spiro atoms. The van der Waals surface area contributed by atoms with Crippen LogP contribution in [0.1, 0.15) is 31.2 Å². The molecule has 0 unspecified atom stereocenters. The van der Waals surface area contributed by atoms with Crippen LogP contribution in [0.4, 0.5) is 0 Å². The smallest absolute Gasteiger partial charge is 0.220 e. The van der Waals surface area contributed by atoms with Crippen molar-refractivity contribution in [1.29, 1.82) is 0 Å². The van der Waals surface area contributed by atoms with E-state index in [0.29, 0.717) is 25.5 Å². The summed E-state index contributed by atoms with van der Waals surface area (Å²) in [6, 6.07) is 7.78. The molecule has 1 aliphatic rings. The Bertz CT molecular complexity index is 488. The number of para-hydroxylation sites is 1. The van der Waals surface area contributed by atoms with E-state index < -0.39 is 0 Å². The van der Waals surface area contributed by atoms with Crippen molar-refractivity contribution >= 4 is 18.3 Å². The average Bonchev–Trinajstić information content (AvgIpc) is 2.58. The predicted molar refractivity (Wildman–Crippen MR) is 96.1 cm³/mol. The standard InChI is InChI=1S/C18H26N2O2.ClH/c1-2-13-22-17-6-4-3-5-16(17)14-20-18(21)8-7-15-9-11-19-12-10-15;/h2-6,15,19H,1,7-14H2,(H,20,21);1H. The summed E-state index contributed by atoms with van der Waals surface area (Å²) in [7, 11) is 0. The van der Waals surface area contributed by atoms with Crippen molar-refractivity contribution in [3.05, 3.63) is 42.5 Å². The summed E-state index contributed by atoms with van der Waals surface area (Å²) < 4.78 is 5.60. The van der Waals surface area contributed by atoms with Gasteiger partial charge in [0.2, 0.25) is 5.91 Å². The first-order valence-corrected chi connectivity index (χ1v) is 8.08. The number of carbonyl (C=O) groups is 1. The molecular formula is C18H27ClN2O2. The number of nitrogens with one attached hydrogen (secondary N) is 2. The van der Waals surface area contributed by atoms with E-state index in [2.05, 4.69) is 17.2 Å². The number of rotatable bonds is 8. The van der Waals surface area contributed by atoms with Gasteiger partial charge >= 0.3 is 0 Å². The molecule has 0 radical (unpaired) electrons. The SMILES string of the molecule is C=CCOc1ccccc1CNC(=O)CCC1CCNCC1.Cl. The third kappa shape index (κ3) is 7.06. The Labute approximate surface area is 145 Å². The lowest BCUT2D eigenvalue weighted by atomic mass is 9.93. The van der Waals surface area contributed by atoms with E-state index in [1.165, 1.54) is 12.8 Å². The van der Waals surface area contributed by atoms with Crippen LogP contribution in [-0.2, 0) is 11.3 Å². The van der Waals surface area contributed by atoms with Crippen LogP contribution in [0.25, 0.3) is 0 Å². The summed E-state index contributed by atoms with van der Waals surface area (Å²) in [6.45, 7) is 6.80. The van der Waals surface area contributed by atoms with E-state index in [0.717, 1.165) is 30.8 Å². The van der Waals surface area contributed by atoms with Crippen molar-refractivity contribution in [2.75, 3.05) is 19.7 Å². The molecule has 0 aliphatic carbocycles. The molecule has 23 heavy (non-hydrogen) atoms. The zero-order chi connectivity index (χ0) is 15.6. The van der Waals surface area contributed by atoms with Gasteiger partial charge in [-0.1, -0.05) is 30.9 Å². The lowest BCUT2D eigenvalue weighted by molar-refractivity contribution is -0.121. The number of hydrogen-bond acceptors (Lipinski definition) is 3. The first kappa shape index (κ1) is 19.5. The predicted octanol–water partition coefficient (Wildman–Crippen LogP) is 3.07. The van der Waals surface area contributed by atoms with Gasteiger partial charge in [0.1, 0.15) is 12.4 Å². The van der Waals surface area contributed by atoms with Crippen molar-refractivity contribution < 1.29 is 9.53 Å². The number of ether oxygens (including phenoxy) is 1. The Kier molecular flexibility index (Phi) is 9.41. The van der Waals surface area contributed by atoms with Crippen molar-refractivity contribution in [2.45, 2.75) is 32.2 Å². The van der Waals surface area contributed by atoms with Gasteiger partial charge in [0.05, 0.1) is 0 Å². The van der Waals surface area contributed by atoms with Gasteiger partial charge in [0, 0.05) is 18.5 Å². The molecule has 128 valence electrons. The Morgan fingerprint density at radius 2 is 2.09 bits per heavy atom. The summed E-state index contributed by atoms with van der Waals surface area (Å²) in [6.07, 6.45) is 5.69. The zero-order valence-corrected chi connectivity index (χ0v) is 14.4. The lowest BCUT2D eigenvalue weighted by Crippen LogP contribution is -2.29. The second kappa shape index (κ2) is 11.1. The van der Waals surface area contributed by atoms with Gasteiger partial charge < -0.3 is 15.4 Å². The van der Waals surface area contributed by atoms with Crippen LogP contribution in [-0.4, -0.2) is 25.6 Å². The fourth-order valence-electron chi connectivity index (χ4n) is 2.73. The van der Waals surface area contributed by atoms with Crippen LogP contribution in [0.3, 0.4) is 0 Å². The van der Waals surface area contributed by atoms with Crippen molar-refractivity contribution in [2.24, 2.45) is 5.92 Å². The van der Waals surface area contributed by atoms with E-state index in [9.17, 15) is 4.79 Å². The molecule has 0 saturated carbocycles. The second-order valence-corrected chi connectivity index (χ2v) is 5.72. The molecule has 1 heterocycles. The first-order valence-electron chi connectivity index (χ1n) is 8.08. The van der Waals surface area contributed by atoms with E-state index >= 15 is 0 Å². The normalized spacial score (nSPS) is 14.6. The van der Waals surface area contributed by atoms with Gasteiger partial charge in [-0.25, -0.2) is 0 Å². The van der Waals surface area contributed by atoms with Gasteiger partial charge in [-0.05, 0) is 44.3 Å². The Morgan fingerprint density at radius 1 is 1.35 bits per heavy atom. The largest absolute Gasteiger partial charge is 0.489 e. The maximum absolute atomic E-state index is 12.0. The van der Waals surface area contributed by atoms with Crippen molar-refractivity contribution in [1.82, 2.24) is 10.6 Å². The Hall–Kier alpha value is -1.52. The minimum atomic E-state index is 0. The molecule has 1 aromatic rings. The number of carbonyl (C=O) groups excluding carboxylic acids is 1. The highest BCUT2D eigenvalue weighted by Gasteiger charge is 2.14. The van der Waals surface area contributed by atoms with Gasteiger partial charge in [0.15, 0.2) is 0 Å². The molecule has 0 aromatic heterocycles. The second-order valence-electron chi connectivity index (χ2n) is 5.72. The van der Waals surface area contributed by atoms with Crippen LogP contribution in [0.5, 0.6) is 5.75 Å². The van der Waals surface area contributed by atoms with Gasteiger partial charge in [-0.2, -0.15) is 0 Å². The highest BCUT2D eigenvalue weighted by Crippen LogP contribution is 2.19. The fraction of sp³-hybridized carbons (Fsp3) is 0.500. The minimum absolute atomic E-state index is 0. The molecule has 4 nitrogen and oxygen atoms in total. The highest BCUT2D eigenvalue weighted by atomic mass is 35.5. The van der Waals surface area contributed by atoms with Crippen molar-refractivity contribution in [3.63, 3.8) is 0 Å². The van der Waals surface area contributed by atoms with Crippen LogP contribution in [0, 0.1) is 5.92 Å². The number of amides is 1. The topological polar surface area (TPSA) is 50.4 Å². The lowest BCUT2D eigenvalue weighted by Gasteiger charge is -2.22. The molecule has 1 saturated heterocycles. The summed E-state index contributed by atoms with van der Waals surface area (Å²) in [5.74, 6) is 1.62. The number of benzene rings is 1. The summed E-state index contributed by atoms with van der Waals surface area (Å²) >= 11 is 0.